The fourth-order valence-corrected chi connectivity index (χ4v) is 2.31. The van der Waals surface area contributed by atoms with Crippen LogP contribution in [-0.4, -0.2) is 12.6 Å². The molecule has 0 saturated heterocycles. The molecule has 0 spiro atoms. The first kappa shape index (κ1) is 19.5. The number of carbonyl (C=O) groups is 1. The summed E-state index contributed by atoms with van der Waals surface area (Å²) in [4.78, 5) is 11.7. The van der Waals surface area contributed by atoms with Gasteiger partial charge in [0.2, 0.25) is 0 Å². The molecule has 0 aliphatic carbocycles. The zero-order valence-electron chi connectivity index (χ0n) is 13.6. The standard InChI is InChI=1S/C18H25F3O2/c1-2-3-4-5-6-7-8-9-13-23-17(22)15-11-10-12-16(14-15)18(19,20)21/h10-12,14H,2-9,13H2,1H3. The minimum Gasteiger partial charge on any atom is -0.462 e. The van der Waals surface area contributed by atoms with Gasteiger partial charge in [-0.25, -0.2) is 4.79 Å². The molecule has 0 amide bonds. The van der Waals surface area contributed by atoms with Crippen LogP contribution in [0, 0.1) is 0 Å². The van der Waals surface area contributed by atoms with Crippen LogP contribution in [-0.2, 0) is 10.9 Å². The number of unbranched alkanes of at least 4 members (excludes halogenated alkanes) is 7. The second kappa shape index (κ2) is 10.3. The molecule has 0 atom stereocenters. The fraction of sp³-hybridized carbons (Fsp3) is 0.611. The van der Waals surface area contributed by atoms with E-state index in [0.717, 1.165) is 31.4 Å². The van der Waals surface area contributed by atoms with Crippen molar-refractivity contribution in [1.82, 2.24) is 0 Å². The average molecular weight is 330 g/mol. The molecule has 0 heterocycles. The molecule has 23 heavy (non-hydrogen) atoms. The maximum absolute atomic E-state index is 12.6. The minimum absolute atomic E-state index is 0.0561. The van der Waals surface area contributed by atoms with Crippen LogP contribution < -0.4 is 0 Å². The molecule has 0 aliphatic rings. The number of rotatable bonds is 10. The molecular formula is C18H25F3O2. The Balaban J connectivity index is 2.22. The Labute approximate surface area is 136 Å². The first-order valence-corrected chi connectivity index (χ1v) is 8.29. The summed E-state index contributed by atoms with van der Waals surface area (Å²) in [5, 5.41) is 0. The number of hydrogen-bond donors (Lipinski definition) is 0. The van der Waals surface area contributed by atoms with Crippen molar-refractivity contribution in [2.24, 2.45) is 0 Å². The van der Waals surface area contributed by atoms with Gasteiger partial charge in [-0.1, -0.05) is 57.9 Å². The van der Waals surface area contributed by atoms with Gasteiger partial charge in [0.1, 0.15) is 0 Å². The predicted molar refractivity (Wildman–Crippen MR) is 84.3 cm³/mol. The van der Waals surface area contributed by atoms with Crippen molar-refractivity contribution in [3.05, 3.63) is 35.4 Å². The van der Waals surface area contributed by atoms with Crippen LogP contribution in [0.1, 0.15) is 74.2 Å². The Hall–Kier alpha value is -1.52. The van der Waals surface area contributed by atoms with Gasteiger partial charge in [0.25, 0.3) is 0 Å². The van der Waals surface area contributed by atoms with Crippen LogP contribution in [0.3, 0.4) is 0 Å². The average Bonchev–Trinajstić information content (AvgIpc) is 2.52. The topological polar surface area (TPSA) is 26.3 Å². The molecule has 130 valence electrons. The fourth-order valence-electron chi connectivity index (χ4n) is 2.31. The maximum Gasteiger partial charge on any atom is 0.416 e. The largest absolute Gasteiger partial charge is 0.462 e. The second-order valence-corrected chi connectivity index (χ2v) is 5.69. The Morgan fingerprint density at radius 1 is 1.00 bits per heavy atom. The van der Waals surface area contributed by atoms with E-state index in [4.69, 9.17) is 4.74 Å². The molecule has 2 nitrogen and oxygen atoms in total. The number of carbonyl (C=O) groups excluding carboxylic acids is 1. The third kappa shape index (κ3) is 8.05. The summed E-state index contributed by atoms with van der Waals surface area (Å²) in [6.45, 7) is 2.43. The first-order valence-electron chi connectivity index (χ1n) is 8.29. The molecule has 0 N–H and O–H groups in total. The molecule has 5 heteroatoms. The number of hydrogen-bond acceptors (Lipinski definition) is 2. The summed E-state index contributed by atoms with van der Waals surface area (Å²) in [6.07, 6.45) is 4.56. The Kier molecular flexibility index (Phi) is 8.74. The van der Waals surface area contributed by atoms with Gasteiger partial charge in [-0.15, -0.1) is 0 Å². The van der Waals surface area contributed by atoms with E-state index >= 15 is 0 Å². The minimum atomic E-state index is -4.45. The van der Waals surface area contributed by atoms with E-state index in [1.165, 1.54) is 44.2 Å². The highest BCUT2D eigenvalue weighted by Crippen LogP contribution is 2.29. The normalized spacial score (nSPS) is 11.5. The van der Waals surface area contributed by atoms with E-state index in [1.54, 1.807) is 0 Å². The molecule has 0 saturated carbocycles. The molecule has 0 aromatic heterocycles. The van der Waals surface area contributed by atoms with Crippen LogP contribution in [0.4, 0.5) is 13.2 Å². The van der Waals surface area contributed by atoms with Gasteiger partial charge in [0, 0.05) is 0 Å². The van der Waals surface area contributed by atoms with Gasteiger partial charge in [0.15, 0.2) is 0 Å². The van der Waals surface area contributed by atoms with Crippen LogP contribution in [0.5, 0.6) is 0 Å². The van der Waals surface area contributed by atoms with Crippen molar-refractivity contribution in [2.75, 3.05) is 6.61 Å². The van der Waals surface area contributed by atoms with E-state index in [2.05, 4.69) is 6.92 Å². The first-order chi connectivity index (χ1) is 10.9. The van der Waals surface area contributed by atoms with Crippen LogP contribution in [0.15, 0.2) is 24.3 Å². The lowest BCUT2D eigenvalue weighted by atomic mass is 10.1. The van der Waals surface area contributed by atoms with Crippen molar-refractivity contribution < 1.29 is 22.7 Å². The molecule has 0 aliphatic heterocycles. The molecular weight excluding hydrogens is 305 g/mol. The van der Waals surface area contributed by atoms with Crippen molar-refractivity contribution in [1.29, 1.82) is 0 Å². The monoisotopic (exact) mass is 330 g/mol. The zero-order chi connectivity index (χ0) is 17.1. The smallest absolute Gasteiger partial charge is 0.416 e. The van der Waals surface area contributed by atoms with Crippen molar-refractivity contribution >= 4 is 5.97 Å². The van der Waals surface area contributed by atoms with Crippen LogP contribution in [0.2, 0.25) is 0 Å². The molecule has 1 aromatic carbocycles. The number of alkyl halides is 3. The Bertz CT molecular complexity index is 470. The third-order valence-corrected chi connectivity index (χ3v) is 3.66. The quantitative estimate of drug-likeness (QED) is 0.388. The molecule has 0 bridgehead atoms. The van der Waals surface area contributed by atoms with Gasteiger partial charge >= 0.3 is 12.1 Å². The highest BCUT2D eigenvalue weighted by Gasteiger charge is 2.31. The van der Waals surface area contributed by atoms with Crippen molar-refractivity contribution in [3.8, 4) is 0 Å². The van der Waals surface area contributed by atoms with Gasteiger partial charge in [-0.2, -0.15) is 13.2 Å². The third-order valence-electron chi connectivity index (χ3n) is 3.66. The van der Waals surface area contributed by atoms with Gasteiger partial charge in [-0.05, 0) is 24.6 Å². The summed E-state index contributed by atoms with van der Waals surface area (Å²) in [5.74, 6) is -0.695. The highest BCUT2D eigenvalue weighted by atomic mass is 19.4. The van der Waals surface area contributed by atoms with Gasteiger partial charge in [-0.3, -0.25) is 0 Å². The summed E-state index contributed by atoms with van der Waals surface area (Å²) in [7, 11) is 0. The SMILES string of the molecule is CCCCCCCCCCOC(=O)c1cccc(C(F)(F)F)c1. The maximum atomic E-state index is 12.6. The Morgan fingerprint density at radius 3 is 2.22 bits per heavy atom. The van der Waals surface area contributed by atoms with E-state index in [-0.39, 0.29) is 12.2 Å². The van der Waals surface area contributed by atoms with Crippen molar-refractivity contribution in [2.45, 2.75) is 64.5 Å². The second-order valence-electron chi connectivity index (χ2n) is 5.69. The van der Waals surface area contributed by atoms with E-state index < -0.39 is 17.7 Å². The molecule has 1 rings (SSSR count). The summed E-state index contributed by atoms with van der Waals surface area (Å²) in [5.41, 5.74) is -0.890. The molecule has 0 radical (unpaired) electrons. The number of halogens is 3. The predicted octanol–water partition coefficient (Wildman–Crippen LogP) is 6.00. The van der Waals surface area contributed by atoms with Crippen LogP contribution >= 0.6 is 0 Å². The number of esters is 1. The van der Waals surface area contributed by atoms with Crippen molar-refractivity contribution in [3.63, 3.8) is 0 Å². The number of ether oxygens (including phenoxy) is 1. The summed E-state index contributed by atoms with van der Waals surface area (Å²) >= 11 is 0. The van der Waals surface area contributed by atoms with E-state index in [1.807, 2.05) is 0 Å². The van der Waals surface area contributed by atoms with Gasteiger partial charge < -0.3 is 4.74 Å². The van der Waals surface area contributed by atoms with Crippen LogP contribution in [0.25, 0.3) is 0 Å². The summed E-state index contributed by atoms with van der Waals surface area (Å²) < 4.78 is 42.8. The molecule has 0 unspecified atom stereocenters. The molecule has 0 fully saturated rings. The van der Waals surface area contributed by atoms with E-state index in [9.17, 15) is 18.0 Å². The number of benzene rings is 1. The Morgan fingerprint density at radius 2 is 1.61 bits per heavy atom. The zero-order valence-corrected chi connectivity index (χ0v) is 13.6. The lowest BCUT2D eigenvalue weighted by molar-refractivity contribution is -0.137. The molecule has 1 aromatic rings. The lowest BCUT2D eigenvalue weighted by Gasteiger charge is -2.09. The van der Waals surface area contributed by atoms with Gasteiger partial charge in [0.05, 0.1) is 17.7 Å². The van der Waals surface area contributed by atoms with E-state index in [0.29, 0.717) is 0 Å². The summed E-state index contributed by atoms with van der Waals surface area (Å²) in [6, 6.07) is 4.33. The highest BCUT2D eigenvalue weighted by molar-refractivity contribution is 5.89. The lowest BCUT2D eigenvalue weighted by Crippen LogP contribution is -2.10.